The Labute approximate surface area is 126 Å². The van der Waals surface area contributed by atoms with Gasteiger partial charge in [-0.2, -0.15) is 0 Å². The van der Waals surface area contributed by atoms with Crippen LogP contribution in [0.15, 0.2) is 41.0 Å². The van der Waals surface area contributed by atoms with Crippen molar-refractivity contribution in [2.24, 2.45) is 0 Å². The number of halogens is 2. The molecule has 5 heteroatoms. The van der Waals surface area contributed by atoms with Crippen LogP contribution in [0, 0.1) is 0 Å². The Bertz CT molecular complexity index is 563. The Morgan fingerprint density at radius 2 is 2.16 bits per heavy atom. The number of anilines is 1. The van der Waals surface area contributed by atoms with Crippen LogP contribution >= 0.6 is 27.5 Å². The summed E-state index contributed by atoms with van der Waals surface area (Å²) in [7, 11) is 0. The number of ether oxygens (including phenoxy) is 1. The third-order valence-corrected chi connectivity index (χ3v) is 3.20. The summed E-state index contributed by atoms with van der Waals surface area (Å²) >= 11 is 9.48. The van der Waals surface area contributed by atoms with Gasteiger partial charge in [-0.3, -0.25) is 0 Å². The second kappa shape index (κ2) is 6.78. The highest BCUT2D eigenvalue weighted by Gasteiger charge is 2.04. The highest BCUT2D eigenvalue weighted by Crippen LogP contribution is 2.32. The van der Waals surface area contributed by atoms with Crippen molar-refractivity contribution in [1.29, 1.82) is 0 Å². The van der Waals surface area contributed by atoms with Crippen LogP contribution < -0.4 is 10.1 Å². The normalized spacial score (nSPS) is 10.3. The first-order valence-corrected chi connectivity index (χ1v) is 7.19. The van der Waals surface area contributed by atoms with Gasteiger partial charge < -0.3 is 10.1 Å². The number of aromatic nitrogens is 1. The van der Waals surface area contributed by atoms with E-state index in [1.54, 1.807) is 18.3 Å². The number of hydrogen-bond donors (Lipinski definition) is 1. The molecule has 0 bridgehead atoms. The fraction of sp³-hybridized carbons (Fsp3) is 0.214. The predicted molar refractivity (Wildman–Crippen MR) is 82.2 cm³/mol. The Morgan fingerprint density at radius 3 is 2.89 bits per heavy atom. The highest BCUT2D eigenvalue weighted by molar-refractivity contribution is 9.10. The average Bonchev–Trinajstić information content (AvgIpc) is 2.40. The second-order valence-electron chi connectivity index (χ2n) is 3.98. The number of nitrogens with one attached hydrogen (secondary N) is 1. The summed E-state index contributed by atoms with van der Waals surface area (Å²) in [6.45, 7) is 2.99. The van der Waals surface area contributed by atoms with Gasteiger partial charge >= 0.3 is 0 Å². The van der Waals surface area contributed by atoms with Gasteiger partial charge in [0.2, 0.25) is 0 Å². The molecule has 0 saturated carbocycles. The summed E-state index contributed by atoms with van der Waals surface area (Å²) in [6, 6.07) is 9.17. The summed E-state index contributed by atoms with van der Waals surface area (Å²) in [5.41, 5.74) is 0. The number of hydrogen-bond acceptors (Lipinski definition) is 3. The molecule has 2 aromatic rings. The maximum atomic E-state index is 6.12. The van der Waals surface area contributed by atoms with E-state index in [0.29, 0.717) is 16.5 Å². The molecular weight excluding hydrogens is 328 g/mol. The minimum atomic E-state index is 0.564. The van der Waals surface area contributed by atoms with Crippen molar-refractivity contribution in [1.82, 2.24) is 4.98 Å². The Morgan fingerprint density at radius 1 is 1.32 bits per heavy atom. The van der Waals surface area contributed by atoms with Gasteiger partial charge in [-0.25, -0.2) is 4.98 Å². The molecule has 0 aliphatic carbocycles. The van der Waals surface area contributed by atoms with Crippen molar-refractivity contribution in [2.75, 3.05) is 11.9 Å². The molecule has 100 valence electrons. The van der Waals surface area contributed by atoms with E-state index < -0.39 is 0 Å². The first-order chi connectivity index (χ1) is 9.19. The lowest BCUT2D eigenvalue weighted by molar-refractivity contribution is 0.482. The average molecular weight is 342 g/mol. The molecule has 0 aliphatic rings. The Balaban J connectivity index is 2.14. The maximum absolute atomic E-state index is 6.12. The summed E-state index contributed by atoms with van der Waals surface area (Å²) in [5, 5.41) is 3.78. The molecule has 0 unspecified atom stereocenters. The smallest absolute Gasteiger partial charge is 0.146 e. The lowest BCUT2D eigenvalue weighted by atomic mass is 10.3. The van der Waals surface area contributed by atoms with Crippen LogP contribution in [-0.4, -0.2) is 11.5 Å². The summed E-state index contributed by atoms with van der Waals surface area (Å²) in [6.07, 6.45) is 2.76. The number of nitrogens with zero attached hydrogens (tertiary/aromatic N) is 1. The topological polar surface area (TPSA) is 34.1 Å². The van der Waals surface area contributed by atoms with Crippen LogP contribution in [0.3, 0.4) is 0 Å². The van der Waals surface area contributed by atoms with E-state index in [1.165, 1.54) is 0 Å². The minimum absolute atomic E-state index is 0.564. The molecule has 3 nitrogen and oxygen atoms in total. The molecular formula is C14H14BrClN2O. The molecule has 0 saturated heterocycles. The van der Waals surface area contributed by atoms with E-state index in [4.69, 9.17) is 16.3 Å². The van der Waals surface area contributed by atoms with E-state index in [2.05, 4.69) is 33.2 Å². The standard InChI is InChI=1S/C14H14BrClN2O/c1-2-6-17-14-9-11(5-7-18-14)19-13-4-3-10(15)8-12(13)16/h3-5,7-9H,2,6H2,1H3,(H,17,18). The molecule has 0 fully saturated rings. The van der Waals surface area contributed by atoms with Crippen molar-refractivity contribution >= 4 is 33.3 Å². The number of pyridine rings is 1. The van der Waals surface area contributed by atoms with Crippen molar-refractivity contribution in [3.05, 3.63) is 46.0 Å². The van der Waals surface area contributed by atoms with Crippen molar-refractivity contribution in [3.8, 4) is 11.5 Å². The maximum Gasteiger partial charge on any atom is 0.146 e. The largest absolute Gasteiger partial charge is 0.456 e. The molecule has 2 rings (SSSR count). The van der Waals surface area contributed by atoms with Gasteiger partial charge in [0.1, 0.15) is 17.3 Å². The van der Waals surface area contributed by atoms with Gasteiger partial charge in [-0.1, -0.05) is 34.5 Å². The first kappa shape index (κ1) is 14.2. The third-order valence-electron chi connectivity index (χ3n) is 2.41. The number of rotatable bonds is 5. The molecule has 0 spiro atoms. The fourth-order valence-corrected chi connectivity index (χ4v) is 2.22. The van der Waals surface area contributed by atoms with Crippen molar-refractivity contribution in [3.63, 3.8) is 0 Å². The number of benzene rings is 1. The van der Waals surface area contributed by atoms with Crippen LogP contribution in [0.4, 0.5) is 5.82 Å². The van der Waals surface area contributed by atoms with Gasteiger partial charge in [-0.15, -0.1) is 0 Å². The molecule has 1 N–H and O–H groups in total. The van der Waals surface area contributed by atoms with Crippen LogP contribution in [0.1, 0.15) is 13.3 Å². The molecule has 0 aliphatic heterocycles. The van der Waals surface area contributed by atoms with Gasteiger partial charge in [0.25, 0.3) is 0 Å². The Hall–Kier alpha value is -1.26. The molecule has 19 heavy (non-hydrogen) atoms. The third kappa shape index (κ3) is 4.11. The lowest BCUT2D eigenvalue weighted by Gasteiger charge is -2.09. The first-order valence-electron chi connectivity index (χ1n) is 6.02. The van der Waals surface area contributed by atoms with E-state index >= 15 is 0 Å². The van der Waals surface area contributed by atoms with Crippen molar-refractivity contribution in [2.45, 2.75) is 13.3 Å². The summed E-state index contributed by atoms with van der Waals surface area (Å²) in [4.78, 5) is 4.22. The lowest BCUT2D eigenvalue weighted by Crippen LogP contribution is -2.01. The van der Waals surface area contributed by atoms with Crippen molar-refractivity contribution < 1.29 is 4.74 Å². The zero-order valence-electron chi connectivity index (χ0n) is 10.5. The van der Waals surface area contributed by atoms with Gasteiger partial charge in [0.05, 0.1) is 5.02 Å². The van der Waals surface area contributed by atoms with Gasteiger partial charge in [-0.05, 0) is 30.7 Å². The van der Waals surface area contributed by atoms with E-state index in [-0.39, 0.29) is 0 Å². The molecule has 0 amide bonds. The SMILES string of the molecule is CCCNc1cc(Oc2ccc(Br)cc2Cl)ccn1. The van der Waals surface area contributed by atoms with Crippen LogP contribution in [-0.2, 0) is 0 Å². The monoisotopic (exact) mass is 340 g/mol. The van der Waals surface area contributed by atoms with Crippen LogP contribution in [0.2, 0.25) is 5.02 Å². The highest BCUT2D eigenvalue weighted by atomic mass is 79.9. The van der Waals surface area contributed by atoms with E-state index in [0.717, 1.165) is 23.3 Å². The molecule has 1 aromatic heterocycles. The molecule has 0 atom stereocenters. The van der Waals surface area contributed by atoms with E-state index in [9.17, 15) is 0 Å². The molecule has 1 heterocycles. The zero-order valence-corrected chi connectivity index (χ0v) is 12.8. The summed E-state index contributed by atoms with van der Waals surface area (Å²) in [5.74, 6) is 2.13. The minimum Gasteiger partial charge on any atom is -0.456 e. The molecule has 0 radical (unpaired) electrons. The quantitative estimate of drug-likeness (QED) is 0.820. The zero-order chi connectivity index (χ0) is 13.7. The molecule has 1 aromatic carbocycles. The van der Waals surface area contributed by atoms with Crippen LogP contribution in [0.25, 0.3) is 0 Å². The Kier molecular flexibility index (Phi) is 5.05. The predicted octanol–water partition coefficient (Wildman–Crippen LogP) is 5.11. The van der Waals surface area contributed by atoms with Gasteiger partial charge in [0, 0.05) is 23.3 Å². The van der Waals surface area contributed by atoms with Gasteiger partial charge in [0.15, 0.2) is 0 Å². The fourth-order valence-electron chi connectivity index (χ4n) is 1.51. The van der Waals surface area contributed by atoms with Crippen LogP contribution in [0.5, 0.6) is 11.5 Å². The van der Waals surface area contributed by atoms with E-state index in [1.807, 2.05) is 18.2 Å². The second-order valence-corrected chi connectivity index (χ2v) is 5.30. The summed E-state index contributed by atoms with van der Waals surface area (Å²) < 4.78 is 6.67.